The van der Waals surface area contributed by atoms with Gasteiger partial charge in [0.15, 0.2) is 0 Å². The second kappa shape index (κ2) is 4.52. The van der Waals surface area contributed by atoms with Crippen LogP contribution in [0.5, 0.6) is 0 Å². The molecule has 0 amide bonds. The molecular formula is C14H19N. The maximum absolute atomic E-state index is 2.40. The molecule has 0 N–H and O–H groups in total. The summed E-state index contributed by atoms with van der Waals surface area (Å²) in [5.74, 6) is 0. The minimum absolute atomic E-state index is 1.07. The van der Waals surface area contributed by atoms with Crippen LogP contribution in [0.2, 0.25) is 0 Å². The second-order valence-electron chi connectivity index (χ2n) is 4.11. The molecule has 2 bridgehead atoms. The van der Waals surface area contributed by atoms with Gasteiger partial charge in [0.2, 0.25) is 0 Å². The zero-order chi connectivity index (χ0) is 10.7. The molecule has 0 aromatic carbocycles. The Labute approximate surface area is 91.7 Å². The standard InChI is InChI=1S/C14H19N/c1-3-5-6-12(4-2)11-15-13-7-8-14(15)10-9-13/h6-10H,3-5,11H2,1-2H3/b12-6+. The molecule has 1 heteroatoms. The van der Waals surface area contributed by atoms with E-state index in [0.717, 1.165) is 13.0 Å². The minimum Gasteiger partial charge on any atom is -0.337 e. The average molecular weight is 201 g/mol. The molecule has 0 radical (unpaired) electrons. The number of aromatic nitrogens is 1. The monoisotopic (exact) mass is 201 g/mol. The lowest BCUT2D eigenvalue weighted by Gasteiger charge is -2.07. The van der Waals surface area contributed by atoms with Crippen molar-refractivity contribution in [1.82, 2.24) is 4.57 Å². The molecule has 0 fully saturated rings. The van der Waals surface area contributed by atoms with Crippen molar-refractivity contribution in [2.75, 3.05) is 0 Å². The number of fused-ring (bicyclic) bond motifs is 2. The molecule has 0 aliphatic carbocycles. The maximum Gasteiger partial charge on any atom is 0.0441 e. The summed E-state index contributed by atoms with van der Waals surface area (Å²) >= 11 is 0. The molecule has 0 unspecified atom stereocenters. The van der Waals surface area contributed by atoms with Crippen molar-refractivity contribution in [3.63, 3.8) is 0 Å². The highest BCUT2D eigenvalue weighted by atomic mass is 15.0. The lowest BCUT2D eigenvalue weighted by molar-refractivity contribution is 0.798. The number of unbranched alkanes of at least 4 members (excludes halogenated alkanes) is 1. The van der Waals surface area contributed by atoms with Gasteiger partial charge >= 0.3 is 0 Å². The third-order valence-corrected chi connectivity index (χ3v) is 3.01. The Bertz CT molecular complexity index is 388. The highest BCUT2D eigenvalue weighted by Crippen LogP contribution is 2.19. The van der Waals surface area contributed by atoms with Gasteiger partial charge < -0.3 is 4.57 Å². The highest BCUT2D eigenvalue weighted by molar-refractivity contribution is 5.67. The molecule has 80 valence electrons. The van der Waals surface area contributed by atoms with Gasteiger partial charge in [-0.15, -0.1) is 0 Å². The zero-order valence-corrected chi connectivity index (χ0v) is 9.66. The van der Waals surface area contributed by atoms with E-state index in [0.29, 0.717) is 0 Å². The van der Waals surface area contributed by atoms with Gasteiger partial charge in [-0.3, -0.25) is 0 Å². The van der Waals surface area contributed by atoms with E-state index in [1.165, 1.54) is 23.9 Å². The predicted octanol–water partition coefficient (Wildman–Crippen LogP) is 4.22. The van der Waals surface area contributed by atoms with Gasteiger partial charge in [-0.05, 0) is 37.1 Å². The molecule has 2 heterocycles. The van der Waals surface area contributed by atoms with Gasteiger partial charge in [0.05, 0.1) is 0 Å². The Morgan fingerprint density at radius 1 is 1.13 bits per heavy atom. The van der Waals surface area contributed by atoms with Crippen molar-refractivity contribution in [3.8, 4) is 0 Å². The van der Waals surface area contributed by atoms with Gasteiger partial charge in [-0.2, -0.15) is 0 Å². The van der Waals surface area contributed by atoms with E-state index in [-0.39, 0.29) is 0 Å². The van der Waals surface area contributed by atoms with Gasteiger partial charge in [0.1, 0.15) is 0 Å². The number of benzene rings is 1. The first-order valence-electron chi connectivity index (χ1n) is 5.90. The Morgan fingerprint density at radius 2 is 1.73 bits per heavy atom. The summed E-state index contributed by atoms with van der Waals surface area (Å²) in [4.78, 5) is 0. The first-order chi connectivity index (χ1) is 7.35. The number of rotatable bonds is 5. The molecule has 1 nitrogen and oxygen atoms in total. The van der Waals surface area contributed by atoms with Crippen LogP contribution in [0.4, 0.5) is 0 Å². The molecule has 15 heavy (non-hydrogen) atoms. The van der Waals surface area contributed by atoms with Crippen LogP contribution in [0.25, 0.3) is 11.0 Å². The highest BCUT2D eigenvalue weighted by Gasteiger charge is 2.04. The molecule has 2 aromatic rings. The molecule has 0 spiro atoms. The lowest BCUT2D eigenvalue weighted by atomic mass is 10.1. The number of hydrogen-bond acceptors (Lipinski definition) is 0. The second-order valence-corrected chi connectivity index (χ2v) is 4.11. The van der Waals surface area contributed by atoms with Crippen LogP contribution >= 0.6 is 0 Å². The lowest BCUT2D eigenvalue weighted by Crippen LogP contribution is -1.98. The normalized spacial score (nSPS) is 12.8. The zero-order valence-electron chi connectivity index (χ0n) is 9.66. The topological polar surface area (TPSA) is 4.93 Å². The quantitative estimate of drug-likeness (QED) is 0.638. The van der Waals surface area contributed by atoms with Crippen LogP contribution in [0.3, 0.4) is 0 Å². The fourth-order valence-corrected chi connectivity index (χ4v) is 2.02. The Balaban J connectivity index is 2.13. The van der Waals surface area contributed by atoms with Crippen molar-refractivity contribution < 1.29 is 0 Å². The molecule has 2 rings (SSSR count). The average Bonchev–Trinajstić information content (AvgIpc) is 2.83. The summed E-state index contributed by atoms with van der Waals surface area (Å²) in [6.45, 7) is 5.55. The Morgan fingerprint density at radius 3 is 2.20 bits per heavy atom. The summed E-state index contributed by atoms with van der Waals surface area (Å²) in [5.41, 5.74) is 4.25. The van der Waals surface area contributed by atoms with Gasteiger partial charge in [0, 0.05) is 17.6 Å². The van der Waals surface area contributed by atoms with E-state index in [1.54, 1.807) is 5.57 Å². The summed E-state index contributed by atoms with van der Waals surface area (Å²) in [7, 11) is 0. The van der Waals surface area contributed by atoms with Crippen molar-refractivity contribution in [2.45, 2.75) is 39.7 Å². The van der Waals surface area contributed by atoms with Crippen LogP contribution in [-0.2, 0) is 6.54 Å². The van der Waals surface area contributed by atoms with E-state index in [1.807, 2.05) is 0 Å². The fourth-order valence-electron chi connectivity index (χ4n) is 2.02. The van der Waals surface area contributed by atoms with Gasteiger partial charge in [-0.1, -0.05) is 31.9 Å². The van der Waals surface area contributed by atoms with Crippen LogP contribution in [0.1, 0.15) is 33.1 Å². The third-order valence-electron chi connectivity index (χ3n) is 3.01. The van der Waals surface area contributed by atoms with Crippen molar-refractivity contribution in [3.05, 3.63) is 35.9 Å². The minimum atomic E-state index is 1.07. The third kappa shape index (κ3) is 2.06. The molecular weight excluding hydrogens is 182 g/mol. The van der Waals surface area contributed by atoms with E-state index in [9.17, 15) is 0 Å². The smallest absolute Gasteiger partial charge is 0.0441 e. The summed E-state index contributed by atoms with van der Waals surface area (Å²) in [6.07, 6.45) is 6.02. The molecule has 0 aliphatic rings. The number of nitrogens with zero attached hydrogens (tertiary/aromatic N) is 1. The van der Waals surface area contributed by atoms with E-state index < -0.39 is 0 Å². The number of allylic oxidation sites excluding steroid dienone is 2. The number of hydrogen-bond donors (Lipinski definition) is 0. The van der Waals surface area contributed by atoms with Crippen molar-refractivity contribution >= 4 is 11.0 Å². The molecule has 2 aromatic heterocycles. The van der Waals surface area contributed by atoms with Crippen LogP contribution in [-0.4, -0.2) is 4.57 Å². The van der Waals surface area contributed by atoms with Crippen molar-refractivity contribution in [1.29, 1.82) is 0 Å². The van der Waals surface area contributed by atoms with Crippen LogP contribution in [0.15, 0.2) is 35.9 Å². The van der Waals surface area contributed by atoms with Gasteiger partial charge in [-0.25, -0.2) is 0 Å². The Kier molecular flexibility index (Phi) is 3.10. The van der Waals surface area contributed by atoms with Crippen LogP contribution in [0, 0.1) is 0 Å². The summed E-state index contributed by atoms with van der Waals surface area (Å²) in [5, 5.41) is 0. The molecule has 0 saturated heterocycles. The van der Waals surface area contributed by atoms with Crippen molar-refractivity contribution in [2.24, 2.45) is 0 Å². The van der Waals surface area contributed by atoms with Gasteiger partial charge in [0.25, 0.3) is 0 Å². The summed E-state index contributed by atoms with van der Waals surface area (Å²) in [6, 6.07) is 8.79. The Hall–Kier alpha value is -1.24. The molecule has 0 aliphatic heterocycles. The SMILES string of the molecule is CCC/C=C(\CC)Cn1c2ccc1cc2. The summed E-state index contributed by atoms with van der Waals surface area (Å²) < 4.78 is 2.39. The van der Waals surface area contributed by atoms with E-state index in [4.69, 9.17) is 0 Å². The maximum atomic E-state index is 2.40. The van der Waals surface area contributed by atoms with E-state index in [2.05, 4.69) is 48.8 Å². The molecule has 0 atom stereocenters. The van der Waals surface area contributed by atoms with E-state index >= 15 is 0 Å². The first-order valence-corrected chi connectivity index (χ1v) is 5.90. The molecule has 0 saturated carbocycles. The predicted molar refractivity (Wildman–Crippen MR) is 66.4 cm³/mol. The van der Waals surface area contributed by atoms with Crippen LogP contribution < -0.4 is 0 Å². The fraction of sp³-hybridized carbons (Fsp3) is 0.429. The largest absolute Gasteiger partial charge is 0.337 e. The first kappa shape index (κ1) is 10.3.